The third-order valence-electron chi connectivity index (χ3n) is 3.38. The van der Waals surface area contributed by atoms with Gasteiger partial charge in [0.25, 0.3) is 11.5 Å². The number of aromatic amines is 1. The lowest BCUT2D eigenvalue weighted by atomic mass is 10.2. The molecule has 0 aliphatic heterocycles. The molecule has 124 valence electrons. The molecule has 0 unspecified atom stereocenters. The van der Waals surface area contributed by atoms with E-state index < -0.39 is 0 Å². The zero-order chi connectivity index (χ0) is 17.1. The van der Waals surface area contributed by atoms with E-state index in [0.717, 1.165) is 0 Å². The van der Waals surface area contributed by atoms with E-state index >= 15 is 0 Å². The van der Waals surface area contributed by atoms with Gasteiger partial charge in [0.05, 0.1) is 18.7 Å². The molecule has 1 amide bonds. The van der Waals surface area contributed by atoms with E-state index in [4.69, 9.17) is 4.74 Å². The summed E-state index contributed by atoms with van der Waals surface area (Å²) < 4.78 is 5.98. The number of amides is 1. The fourth-order valence-corrected chi connectivity index (χ4v) is 3.03. The number of thiophene rings is 1. The van der Waals surface area contributed by atoms with E-state index in [1.165, 1.54) is 16.2 Å². The molecule has 0 atom stereocenters. The van der Waals surface area contributed by atoms with Crippen LogP contribution in [0.5, 0.6) is 5.88 Å². The Morgan fingerprint density at radius 3 is 3.04 bits per heavy atom. The molecular weight excluding hydrogens is 328 g/mol. The van der Waals surface area contributed by atoms with Gasteiger partial charge in [0.2, 0.25) is 5.88 Å². The van der Waals surface area contributed by atoms with Crippen LogP contribution in [0.15, 0.2) is 34.6 Å². The highest BCUT2D eigenvalue weighted by Crippen LogP contribution is 2.18. The summed E-state index contributed by atoms with van der Waals surface area (Å²) in [6.45, 7) is 2.43. The average Bonchev–Trinajstić information content (AvgIpc) is 3.04. The molecule has 0 radical (unpaired) electrons. The lowest BCUT2D eigenvalue weighted by Gasteiger charge is -2.17. The highest BCUT2D eigenvalue weighted by Gasteiger charge is 2.18. The molecule has 3 aromatic heterocycles. The lowest BCUT2D eigenvalue weighted by molar-refractivity contribution is 0.0776. The van der Waals surface area contributed by atoms with Crippen LogP contribution in [0, 0.1) is 0 Å². The quantitative estimate of drug-likeness (QED) is 0.765. The number of pyridine rings is 1. The average molecular weight is 344 g/mol. The van der Waals surface area contributed by atoms with E-state index in [9.17, 15) is 9.59 Å². The summed E-state index contributed by atoms with van der Waals surface area (Å²) in [4.78, 5) is 37.3. The molecule has 0 bridgehead atoms. The summed E-state index contributed by atoms with van der Waals surface area (Å²) in [5.74, 6) is 0.481. The van der Waals surface area contributed by atoms with Gasteiger partial charge in [-0.1, -0.05) is 0 Å². The number of nitrogens with zero attached hydrogens (tertiary/aromatic N) is 3. The number of H-pyrrole nitrogens is 1. The molecule has 7 nitrogen and oxygen atoms in total. The first-order chi connectivity index (χ1) is 11.6. The Bertz CT molecular complexity index is 934. The molecular formula is C16H16N4O3S. The molecule has 0 spiro atoms. The van der Waals surface area contributed by atoms with Crippen molar-refractivity contribution in [1.29, 1.82) is 0 Å². The van der Waals surface area contributed by atoms with Crippen molar-refractivity contribution in [2.24, 2.45) is 0 Å². The van der Waals surface area contributed by atoms with Gasteiger partial charge in [-0.25, -0.2) is 9.97 Å². The van der Waals surface area contributed by atoms with E-state index in [0.29, 0.717) is 34.1 Å². The van der Waals surface area contributed by atoms with E-state index in [1.807, 2.05) is 12.3 Å². The van der Waals surface area contributed by atoms with E-state index in [-0.39, 0.29) is 18.0 Å². The Morgan fingerprint density at radius 1 is 1.42 bits per heavy atom. The van der Waals surface area contributed by atoms with Crippen molar-refractivity contribution in [3.8, 4) is 5.88 Å². The van der Waals surface area contributed by atoms with Crippen molar-refractivity contribution >= 4 is 27.5 Å². The third kappa shape index (κ3) is 3.13. The monoisotopic (exact) mass is 344 g/mol. The van der Waals surface area contributed by atoms with Crippen LogP contribution in [0.4, 0.5) is 0 Å². The van der Waals surface area contributed by atoms with Gasteiger partial charge in [0.1, 0.15) is 16.1 Å². The van der Waals surface area contributed by atoms with E-state index in [1.54, 1.807) is 31.4 Å². The molecule has 3 heterocycles. The summed E-state index contributed by atoms with van der Waals surface area (Å²) in [6.07, 6.45) is 1.57. The molecule has 3 rings (SSSR count). The van der Waals surface area contributed by atoms with Crippen LogP contribution in [0.3, 0.4) is 0 Å². The molecule has 0 fully saturated rings. The normalized spacial score (nSPS) is 10.8. The highest BCUT2D eigenvalue weighted by molar-refractivity contribution is 7.17. The maximum absolute atomic E-state index is 12.6. The van der Waals surface area contributed by atoms with Gasteiger partial charge in [0, 0.05) is 13.2 Å². The SMILES string of the molecule is CCOc1ncccc1C(=O)N(C)Cc1nc2ccsc2c(=O)[nH]1. The van der Waals surface area contributed by atoms with Crippen LogP contribution >= 0.6 is 11.3 Å². The second kappa shape index (κ2) is 6.79. The Balaban J connectivity index is 1.84. The topological polar surface area (TPSA) is 88.2 Å². The summed E-state index contributed by atoms with van der Waals surface area (Å²) in [7, 11) is 1.64. The summed E-state index contributed by atoms with van der Waals surface area (Å²) in [6, 6.07) is 5.13. The van der Waals surface area contributed by atoms with Gasteiger partial charge in [0.15, 0.2) is 0 Å². The van der Waals surface area contributed by atoms with Crippen molar-refractivity contribution in [1.82, 2.24) is 19.9 Å². The number of fused-ring (bicyclic) bond motifs is 1. The smallest absolute Gasteiger partial charge is 0.268 e. The Kier molecular flexibility index (Phi) is 4.57. The van der Waals surface area contributed by atoms with Crippen LogP contribution in [-0.2, 0) is 6.54 Å². The molecule has 1 N–H and O–H groups in total. The Labute approximate surface area is 141 Å². The van der Waals surface area contributed by atoms with Crippen molar-refractivity contribution in [2.45, 2.75) is 13.5 Å². The van der Waals surface area contributed by atoms with Gasteiger partial charge in [-0.05, 0) is 30.5 Å². The summed E-state index contributed by atoms with van der Waals surface area (Å²) in [5.41, 5.74) is 0.819. The fraction of sp³-hybridized carbons (Fsp3) is 0.250. The predicted octanol–water partition coefficient (Wildman–Crippen LogP) is 2.05. The molecule has 0 saturated carbocycles. The Hall–Kier alpha value is -2.74. The van der Waals surface area contributed by atoms with Crippen molar-refractivity contribution in [2.75, 3.05) is 13.7 Å². The number of rotatable bonds is 5. The zero-order valence-corrected chi connectivity index (χ0v) is 14.1. The number of aromatic nitrogens is 3. The second-order valence-corrected chi connectivity index (χ2v) is 6.01. The van der Waals surface area contributed by atoms with Crippen molar-refractivity contribution in [3.05, 3.63) is 51.5 Å². The van der Waals surface area contributed by atoms with Gasteiger partial charge in [-0.15, -0.1) is 11.3 Å². The first-order valence-electron chi connectivity index (χ1n) is 7.39. The minimum Gasteiger partial charge on any atom is -0.477 e. The largest absolute Gasteiger partial charge is 0.477 e. The van der Waals surface area contributed by atoms with Crippen LogP contribution in [0.2, 0.25) is 0 Å². The fourth-order valence-electron chi connectivity index (χ4n) is 2.30. The maximum atomic E-state index is 12.6. The number of ether oxygens (including phenoxy) is 1. The van der Waals surface area contributed by atoms with Gasteiger partial charge in [-0.2, -0.15) is 0 Å². The van der Waals surface area contributed by atoms with E-state index in [2.05, 4.69) is 15.0 Å². The first-order valence-corrected chi connectivity index (χ1v) is 8.27. The van der Waals surface area contributed by atoms with Crippen molar-refractivity contribution < 1.29 is 9.53 Å². The van der Waals surface area contributed by atoms with Crippen molar-refractivity contribution in [3.63, 3.8) is 0 Å². The van der Waals surface area contributed by atoms with Gasteiger partial charge >= 0.3 is 0 Å². The number of carbonyl (C=O) groups excluding carboxylic acids is 1. The number of nitrogens with one attached hydrogen (secondary N) is 1. The second-order valence-electron chi connectivity index (χ2n) is 5.10. The zero-order valence-electron chi connectivity index (χ0n) is 13.3. The standard InChI is InChI=1S/C16H16N4O3S/c1-3-23-15-10(5-4-7-17-15)16(22)20(2)9-12-18-11-6-8-24-13(11)14(21)19-12/h4-8H,3,9H2,1-2H3,(H,18,19,21). The maximum Gasteiger partial charge on any atom is 0.268 e. The third-order valence-corrected chi connectivity index (χ3v) is 4.28. The summed E-state index contributed by atoms with van der Waals surface area (Å²) in [5, 5.41) is 1.82. The van der Waals surface area contributed by atoms with Crippen LogP contribution in [0.25, 0.3) is 10.2 Å². The number of hydrogen-bond donors (Lipinski definition) is 1. The molecule has 0 aromatic carbocycles. The van der Waals surface area contributed by atoms with Crippen LogP contribution in [-0.4, -0.2) is 39.4 Å². The first kappa shape index (κ1) is 16.1. The molecule has 3 aromatic rings. The Morgan fingerprint density at radius 2 is 2.25 bits per heavy atom. The minimum absolute atomic E-state index is 0.181. The molecule has 0 aliphatic rings. The van der Waals surface area contributed by atoms with Crippen LogP contribution < -0.4 is 10.3 Å². The lowest BCUT2D eigenvalue weighted by Crippen LogP contribution is -2.28. The minimum atomic E-state index is -0.250. The predicted molar refractivity (Wildman–Crippen MR) is 91.4 cm³/mol. The summed E-state index contributed by atoms with van der Waals surface area (Å²) >= 11 is 1.34. The molecule has 8 heteroatoms. The molecule has 24 heavy (non-hydrogen) atoms. The highest BCUT2D eigenvalue weighted by atomic mass is 32.1. The van der Waals surface area contributed by atoms with Crippen LogP contribution in [0.1, 0.15) is 23.1 Å². The molecule has 0 aliphatic carbocycles. The van der Waals surface area contributed by atoms with Gasteiger partial charge in [-0.3, -0.25) is 9.59 Å². The number of carbonyl (C=O) groups is 1. The molecule has 0 saturated heterocycles. The number of hydrogen-bond acceptors (Lipinski definition) is 6. The van der Waals surface area contributed by atoms with Gasteiger partial charge < -0.3 is 14.6 Å².